The predicted octanol–water partition coefficient (Wildman–Crippen LogP) is 2.97. The molecular formula is C14H22N2O4. The van der Waals surface area contributed by atoms with Crippen LogP contribution in [0.1, 0.15) is 25.3 Å². The van der Waals surface area contributed by atoms with Crippen LogP contribution >= 0.6 is 0 Å². The molecule has 0 atom stereocenters. The largest absolute Gasteiger partial charge is 0.385 e. The molecule has 1 rings (SSSR count). The number of nitrogens with one attached hydrogen (secondary N) is 1. The fourth-order valence-corrected chi connectivity index (χ4v) is 1.80. The zero-order valence-electron chi connectivity index (χ0n) is 12.1. The van der Waals surface area contributed by atoms with Crippen molar-refractivity contribution < 1.29 is 14.4 Å². The van der Waals surface area contributed by atoms with Gasteiger partial charge in [-0.15, -0.1) is 0 Å². The van der Waals surface area contributed by atoms with E-state index in [2.05, 4.69) is 5.32 Å². The van der Waals surface area contributed by atoms with Gasteiger partial charge in [-0.3, -0.25) is 10.1 Å². The molecule has 112 valence electrons. The van der Waals surface area contributed by atoms with E-state index in [4.69, 9.17) is 9.47 Å². The normalized spacial score (nSPS) is 10.5. The highest BCUT2D eigenvalue weighted by atomic mass is 16.6. The lowest BCUT2D eigenvalue weighted by atomic mass is 10.1. The fourth-order valence-electron chi connectivity index (χ4n) is 1.80. The number of benzene rings is 1. The molecule has 0 fully saturated rings. The Labute approximate surface area is 119 Å². The number of ether oxygens (including phenoxy) is 2. The molecule has 1 N–H and O–H groups in total. The summed E-state index contributed by atoms with van der Waals surface area (Å²) in [5, 5.41) is 14.2. The van der Waals surface area contributed by atoms with Crippen molar-refractivity contribution in [1.82, 2.24) is 0 Å². The van der Waals surface area contributed by atoms with Gasteiger partial charge in [-0.25, -0.2) is 0 Å². The zero-order chi connectivity index (χ0) is 14.8. The summed E-state index contributed by atoms with van der Waals surface area (Å²) in [4.78, 5) is 10.7. The molecular weight excluding hydrogens is 260 g/mol. The molecule has 0 aliphatic carbocycles. The van der Waals surface area contributed by atoms with E-state index < -0.39 is 0 Å². The first-order valence-electron chi connectivity index (χ1n) is 6.77. The summed E-state index contributed by atoms with van der Waals surface area (Å²) < 4.78 is 10.5. The Kier molecular flexibility index (Phi) is 7.60. The lowest BCUT2D eigenvalue weighted by molar-refractivity contribution is -0.384. The molecule has 0 unspecified atom stereocenters. The number of nitro groups is 1. The molecule has 0 aliphatic rings. The first-order chi connectivity index (χ1) is 9.70. The number of hydrogen-bond donors (Lipinski definition) is 1. The molecule has 0 saturated carbocycles. The molecule has 6 nitrogen and oxygen atoms in total. The third kappa shape index (κ3) is 5.14. The summed E-state index contributed by atoms with van der Waals surface area (Å²) in [6.07, 6.45) is 1.71. The summed E-state index contributed by atoms with van der Waals surface area (Å²) in [5.74, 6) is 0. The van der Waals surface area contributed by atoms with Gasteiger partial charge in [-0.1, -0.05) is 19.1 Å². The van der Waals surface area contributed by atoms with Gasteiger partial charge in [0.1, 0.15) is 5.69 Å². The second kappa shape index (κ2) is 9.28. The molecule has 0 aliphatic heterocycles. The van der Waals surface area contributed by atoms with Gasteiger partial charge in [0.05, 0.1) is 11.5 Å². The molecule has 0 amide bonds. The van der Waals surface area contributed by atoms with Crippen molar-refractivity contribution in [2.45, 2.75) is 26.4 Å². The third-order valence-electron chi connectivity index (χ3n) is 2.77. The van der Waals surface area contributed by atoms with E-state index in [0.717, 1.165) is 18.4 Å². The Morgan fingerprint density at radius 2 is 2.15 bits per heavy atom. The van der Waals surface area contributed by atoms with E-state index in [0.29, 0.717) is 32.1 Å². The standard InChI is InChI=1S/C14H22N2O4/c1-3-8-15-14-12(11-20-10-5-9-19-2)6-4-7-13(14)16(17)18/h4,6-7,15H,3,5,8-11H2,1-2H3. The average molecular weight is 282 g/mol. The van der Waals surface area contributed by atoms with E-state index in [9.17, 15) is 10.1 Å². The van der Waals surface area contributed by atoms with E-state index in [1.807, 2.05) is 13.0 Å². The van der Waals surface area contributed by atoms with Crippen LogP contribution in [0.4, 0.5) is 11.4 Å². The number of anilines is 1. The summed E-state index contributed by atoms with van der Waals surface area (Å²) in [6, 6.07) is 5.04. The summed E-state index contributed by atoms with van der Waals surface area (Å²) in [6.45, 7) is 4.29. The Hall–Kier alpha value is -1.66. The van der Waals surface area contributed by atoms with Gasteiger partial charge in [0.25, 0.3) is 5.69 Å². The SMILES string of the molecule is CCCNc1c(COCCCOC)cccc1[N+](=O)[O-]. The Bertz CT molecular complexity index is 424. The van der Waals surface area contributed by atoms with Crippen molar-refractivity contribution in [2.24, 2.45) is 0 Å². The van der Waals surface area contributed by atoms with Crippen LogP contribution in [-0.2, 0) is 16.1 Å². The van der Waals surface area contributed by atoms with Crippen LogP contribution in [0.3, 0.4) is 0 Å². The molecule has 6 heteroatoms. The van der Waals surface area contributed by atoms with Crippen LogP contribution in [0.25, 0.3) is 0 Å². The van der Waals surface area contributed by atoms with Crippen LogP contribution in [0, 0.1) is 10.1 Å². The first-order valence-corrected chi connectivity index (χ1v) is 6.77. The van der Waals surface area contributed by atoms with Gasteiger partial charge in [0.2, 0.25) is 0 Å². The number of nitro benzene ring substituents is 1. The van der Waals surface area contributed by atoms with Crippen molar-refractivity contribution in [2.75, 3.05) is 32.2 Å². The topological polar surface area (TPSA) is 73.6 Å². The fraction of sp³-hybridized carbons (Fsp3) is 0.571. The van der Waals surface area contributed by atoms with Crippen LogP contribution in [0.15, 0.2) is 18.2 Å². The van der Waals surface area contributed by atoms with Gasteiger partial charge in [-0.2, -0.15) is 0 Å². The summed E-state index contributed by atoms with van der Waals surface area (Å²) >= 11 is 0. The number of hydrogen-bond acceptors (Lipinski definition) is 5. The van der Waals surface area contributed by atoms with Crippen LogP contribution in [0.2, 0.25) is 0 Å². The highest BCUT2D eigenvalue weighted by Crippen LogP contribution is 2.28. The third-order valence-corrected chi connectivity index (χ3v) is 2.77. The Morgan fingerprint density at radius 1 is 1.35 bits per heavy atom. The molecule has 0 heterocycles. The number of rotatable bonds is 10. The maximum atomic E-state index is 11.1. The predicted molar refractivity (Wildman–Crippen MR) is 78.0 cm³/mol. The number of para-hydroxylation sites is 1. The highest BCUT2D eigenvalue weighted by molar-refractivity contribution is 5.66. The van der Waals surface area contributed by atoms with Crippen LogP contribution in [0.5, 0.6) is 0 Å². The molecule has 1 aromatic rings. The quantitative estimate of drug-likeness (QED) is 0.406. The molecule has 0 spiro atoms. The molecule has 1 aromatic carbocycles. The zero-order valence-corrected chi connectivity index (χ0v) is 12.1. The lowest BCUT2D eigenvalue weighted by Gasteiger charge is -2.12. The van der Waals surface area contributed by atoms with Crippen molar-refractivity contribution >= 4 is 11.4 Å². The molecule has 0 aromatic heterocycles. The first kappa shape index (κ1) is 16.4. The molecule has 0 saturated heterocycles. The van der Waals surface area contributed by atoms with Crippen molar-refractivity contribution in [3.8, 4) is 0 Å². The van der Waals surface area contributed by atoms with Gasteiger partial charge < -0.3 is 14.8 Å². The molecule has 20 heavy (non-hydrogen) atoms. The highest BCUT2D eigenvalue weighted by Gasteiger charge is 2.16. The van der Waals surface area contributed by atoms with Gasteiger partial charge in [-0.05, 0) is 12.8 Å². The maximum absolute atomic E-state index is 11.1. The van der Waals surface area contributed by atoms with Crippen LogP contribution < -0.4 is 5.32 Å². The minimum atomic E-state index is -0.369. The number of nitrogens with zero attached hydrogens (tertiary/aromatic N) is 1. The second-order valence-corrected chi connectivity index (χ2v) is 4.39. The maximum Gasteiger partial charge on any atom is 0.292 e. The summed E-state index contributed by atoms with van der Waals surface area (Å²) in [7, 11) is 1.65. The minimum Gasteiger partial charge on any atom is -0.385 e. The van der Waals surface area contributed by atoms with Gasteiger partial charge >= 0.3 is 0 Å². The van der Waals surface area contributed by atoms with E-state index in [1.54, 1.807) is 13.2 Å². The average Bonchev–Trinajstić information content (AvgIpc) is 2.45. The van der Waals surface area contributed by atoms with Crippen LogP contribution in [-0.4, -0.2) is 31.8 Å². The van der Waals surface area contributed by atoms with Gasteiger partial charge in [0.15, 0.2) is 0 Å². The Balaban J connectivity index is 2.72. The van der Waals surface area contributed by atoms with Crippen molar-refractivity contribution in [1.29, 1.82) is 0 Å². The van der Waals surface area contributed by atoms with Gasteiger partial charge in [0, 0.05) is 38.5 Å². The minimum absolute atomic E-state index is 0.0939. The van der Waals surface area contributed by atoms with Crippen molar-refractivity contribution in [3.05, 3.63) is 33.9 Å². The van der Waals surface area contributed by atoms with E-state index in [1.165, 1.54) is 6.07 Å². The molecule has 0 bridgehead atoms. The molecule has 0 radical (unpaired) electrons. The second-order valence-electron chi connectivity index (χ2n) is 4.39. The number of methoxy groups -OCH3 is 1. The van der Waals surface area contributed by atoms with E-state index >= 15 is 0 Å². The van der Waals surface area contributed by atoms with Crippen molar-refractivity contribution in [3.63, 3.8) is 0 Å². The Morgan fingerprint density at radius 3 is 2.80 bits per heavy atom. The van der Waals surface area contributed by atoms with E-state index in [-0.39, 0.29) is 10.6 Å². The monoisotopic (exact) mass is 282 g/mol. The lowest BCUT2D eigenvalue weighted by Crippen LogP contribution is -2.08. The smallest absolute Gasteiger partial charge is 0.292 e. The summed E-state index contributed by atoms with van der Waals surface area (Å²) in [5.41, 5.74) is 1.47.